The van der Waals surface area contributed by atoms with Crippen LogP contribution in [0.25, 0.3) is 0 Å². The molecule has 4 N–H and O–H groups in total. The number of hydrogen-bond donors (Lipinski definition) is 2. The summed E-state index contributed by atoms with van der Waals surface area (Å²) >= 11 is 0. The molecule has 30 heavy (non-hydrogen) atoms. The van der Waals surface area contributed by atoms with E-state index >= 15 is 0 Å². The van der Waals surface area contributed by atoms with Gasteiger partial charge in [-0.2, -0.15) is 0 Å². The molecule has 2 aliphatic rings. The Morgan fingerprint density at radius 1 is 1.17 bits per heavy atom. The minimum absolute atomic E-state index is 0.0154. The number of nitrogens with two attached hydrogens (primary N) is 2. The number of likely N-dealkylation sites (tertiary alicyclic amines) is 1. The molecule has 3 rings (SSSR count). The predicted octanol–water partition coefficient (Wildman–Crippen LogP) is 1.34. The fraction of sp³-hybridized carbons (Fsp3) is 0.550. The van der Waals surface area contributed by atoms with Gasteiger partial charge in [0.15, 0.2) is 11.8 Å². The molecule has 2 aliphatic heterocycles. The maximum Gasteiger partial charge on any atom is 0.437 e. The molecule has 0 radical (unpaired) electrons. The zero-order valence-corrected chi connectivity index (χ0v) is 17.1. The maximum absolute atomic E-state index is 14.9. The van der Waals surface area contributed by atoms with Crippen LogP contribution in [0.5, 0.6) is 0 Å². The molecule has 0 unspecified atom stereocenters. The number of carbonyl (C=O) groups is 2. The summed E-state index contributed by atoms with van der Waals surface area (Å²) in [6.07, 6.45) is 1.61. The first-order valence-electron chi connectivity index (χ1n) is 10.0. The number of guanidine groups is 1. The van der Waals surface area contributed by atoms with E-state index in [4.69, 9.17) is 20.9 Å². The first kappa shape index (κ1) is 21.8. The normalized spacial score (nSPS) is 19.6. The second-order valence-electron chi connectivity index (χ2n) is 7.54. The number of nitrogens with zero attached hydrogens (tertiary/aromatic N) is 3. The van der Waals surface area contributed by atoms with E-state index in [-0.39, 0.29) is 30.3 Å². The molecule has 2 amide bonds. The van der Waals surface area contributed by atoms with Crippen LogP contribution in [0, 0.1) is 5.82 Å². The maximum atomic E-state index is 14.9. The highest BCUT2D eigenvalue weighted by Crippen LogP contribution is 2.28. The topological polar surface area (TPSA) is 123 Å². The van der Waals surface area contributed by atoms with E-state index < -0.39 is 17.9 Å². The van der Waals surface area contributed by atoms with Gasteiger partial charge < -0.3 is 30.7 Å². The number of ether oxygens (including phenoxy) is 2. The molecule has 0 spiro atoms. The summed E-state index contributed by atoms with van der Waals surface area (Å²) < 4.78 is 26.0. The highest BCUT2D eigenvalue weighted by atomic mass is 19.1. The quantitative estimate of drug-likeness (QED) is 0.543. The Kier molecular flexibility index (Phi) is 7.09. The van der Waals surface area contributed by atoms with Crippen LogP contribution in [0.3, 0.4) is 0 Å². The molecular weight excluding hydrogens is 393 g/mol. The summed E-state index contributed by atoms with van der Waals surface area (Å²) in [6, 6.07) is 4.96. The fourth-order valence-corrected chi connectivity index (χ4v) is 3.84. The summed E-state index contributed by atoms with van der Waals surface area (Å²) in [5.74, 6) is -0.755. The van der Waals surface area contributed by atoms with Crippen LogP contribution < -0.4 is 16.4 Å². The standard InChI is InChI=1S/C20H28FN5O4/c1-13(27)25-8-5-15(6-9-25)30-16-7-10-26(11-16)17-4-2-3-14(18(17)21)12-29-20(28)24-19(22)23/h2-4,15-16H,5-12H2,1H3,(H4,22,23,24,28)/t16-/m1/s1. The minimum Gasteiger partial charge on any atom is -0.443 e. The monoisotopic (exact) mass is 421 g/mol. The van der Waals surface area contributed by atoms with Crippen molar-refractivity contribution in [3.05, 3.63) is 29.6 Å². The lowest BCUT2D eigenvalue weighted by Gasteiger charge is -2.32. The number of anilines is 1. The summed E-state index contributed by atoms with van der Waals surface area (Å²) in [7, 11) is 0. The van der Waals surface area contributed by atoms with Gasteiger partial charge in [-0.3, -0.25) is 4.79 Å². The molecule has 164 valence electrons. The number of aliphatic imine (C=N–C) groups is 1. The van der Waals surface area contributed by atoms with Crippen molar-refractivity contribution in [2.75, 3.05) is 31.1 Å². The molecule has 0 aliphatic carbocycles. The highest BCUT2D eigenvalue weighted by Gasteiger charge is 2.30. The molecule has 2 heterocycles. The Morgan fingerprint density at radius 3 is 2.53 bits per heavy atom. The minimum atomic E-state index is -0.967. The van der Waals surface area contributed by atoms with Crippen molar-refractivity contribution < 1.29 is 23.5 Å². The molecule has 2 fully saturated rings. The van der Waals surface area contributed by atoms with Gasteiger partial charge in [0.25, 0.3) is 0 Å². The van der Waals surface area contributed by atoms with Gasteiger partial charge in [0.05, 0.1) is 17.9 Å². The number of piperidine rings is 1. The van der Waals surface area contributed by atoms with E-state index in [9.17, 15) is 14.0 Å². The molecule has 10 heteroatoms. The van der Waals surface area contributed by atoms with Gasteiger partial charge in [0.2, 0.25) is 5.91 Å². The van der Waals surface area contributed by atoms with Crippen LogP contribution in [0.1, 0.15) is 31.7 Å². The van der Waals surface area contributed by atoms with Gasteiger partial charge in [0.1, 0.15) is 6.61 Å². The Bertz CT molecular complexity index is 806. The van der Waals surface area contributed by atoms with E-state index in [1.54, 1.807) is 25.1 Å². The lowest BCUT2D eigenvalue weighted by atomic mass is 10.1. The Hall–Kier alpha value is -2.88. The molecular formula is C20H28FN5O4. The van der Waals surface area contributed by atoms with Crippen LogP contribution in [0.4, 0.5) is 14.9 Å². The van der Waals surface area contributed by atoms with Gasteiger partial charge in [0, 0.05) is 38.7 Å². The van der Waals surface area contributed by atoms with E-state index in [1.807, 2.05) is 9.80 Å². The van der Waals surface area contributed by atoms with E-state index in [0.29, 0.717) is 31.9 Å². The first-order chi connectivity index (χ1) is 14.3. The Morgan fingerprint density at radius 2 is 1.87 bits per heavy atom. The smallest absolute Gasteiger partial charge is 0.437 e. The lowest BCUT2D eigenvalue weighted by Crippen LogP contribution is -2.41. The predicted molar refractivity (Wildman–Crippen MR) is 109 cm³/mol. The molecule has 1 atom stereocenters. The molecule has 0 saturated carbocycles. The fourth-order valence-electron chi connectivity index (χ4n) is 3.84. The van der Waals surface area contributed by atoms with Crippen LogP contribution in [-0.4, -0.2) is 61.2 Å². The van der Waals surface area contributed by atoms with Gasteiger partial charge in [-0.05, 0) is 25.3 Å². The van der Waals surface area contributed by atoms with Crippen molar-refractivity contribution in [1.82, 2.24) is 4.90 Å². The number of rotatable bonds is 5. The van der Waals surface area contributed by atoms with Gasteiger partial charge in [-0.15, -0.1) is 4.99 Å². The van der Waals surface area contributed by atoms with Crippen molar-refractivity contribution in [3.8, 4) is 0 Å². The lowest BCUT2D eigenvalue weighted by molar-refractivity contribution is -0.132. The number of halogens is 1. The number of hydrogen-bond acceptors (Lipinski definition) is 5. The van der Waals surface area contributed by atoms with Gasteiger partial charge in [-0.1, -0.05) is 12.1 Å². The Balaban J connectivity index is 1.54. The van der Waals surface area contributed by atoms with Crippen molar-refractivity contribution in [3.63, 3.8) is 0 Å². The zero-order valence-electron chi connectivity index (χ0n) is 17.1. The largest absolute Gasteiger partial charge is 0.443 e. The Labute approximate surface area is 174 Å². The third-order valence-electron chi connectivity index (χ3n) is 5.39. The molecule has 9 nitrogen and oxygen atoms in total. The van der Waals surface area contributed by atoms with Crippen molar-refractivity contribution in [2.45, 2.75) is 45.0 Å². The van der Waals surface area contributed by atoms with E-state index in [0.717, 1.165) is 19.3 Å². The third kappa shape index (κ3) is 5.59. The SMILES string of the molecule is CC(=O)N1CCC(O[C@@H]2CCN(c3cccc(COC(=O)N=C(N)N)c3F)C2)CC1. The van der Waals surface area contributed by atoms with Crippen molar-refractivity contribution in [1.29, 1.82) is 0 Å². The third-order valence-corrected chi connectivity index (χ3v) is 5.39. The van der Waals surface area contributed by atoms with Crippen LogP contribution in [0.15, 0.2) is 23.2 Å². The van der Waals surface area contributed by atoms with Crippen LogP contribution in [0.2, 0.25) is 0 Å². The molecule has 1 aromatic carbocycles. The van der Waals surface area contributed by atoms with Crippen LogP contribution >= 0.6 is 0 Å². The van der Waals surface area contributed by atoms with Gasteiger partial charge >= 0.3 is 6.09 Å². The number of carbonyl (C=O) groups excluding carboxylic acids is 2. The molecule has 2 saturated heterocycles. The number of benzene rings is 1. The second kappa shape index (κ2) is 9.75. The van der Waals surface area contributed by atoms with Crippen LogP contribution in [-0.2, 0) is 20.9 Å². The summed E-state index contributed by atoms with van der Waals surface area (Å²) in [4.78, 5) is 29.9. The first-order valence-corrected chi connectivity index (χ1v) is 10.0. The molecule has 0 aromatic heterocycles. The average molecular weight is 421 g/mol. The zero-order chi connectivity index (χ0) is 21.7. The van der Waals surface area contributed by atoms with E-state index in [1.165, 1.54) is 0 Å². The number of amides is 2. The van der Waals surface area contributed by atoms with Crippen molar-refractivity contribution >= 4 is 23.6 Å². The summed E-state index contributed by atoms with van der Waals surface area (Å²) in [6.45, 7) is 4.00. The molecule has 0 bridgehead atoms. The van der Waals surface area contributed by atoms with E-state index in [2.05, 4.69) is 4.99 Å². The highest BCUT2D eigenvalue weighted by molar-refractivity contribution is 5.87. The average Bonchev–Trinajstić information content (AvgIpc) is 3.15. The summed E-state index contributed by atoms with van der Waals surface area (Å²) in [5, 5.41) is 0. The molecule has 1 aromatic rings. The second-order valence-corrected chi connectivity index (χ2v) is 7.54. The summed E-state index contributed by atoms with van der Waals surface area (Å²) in [5.41, 5.74) is 10.9. The van der Waals surface area contributed by atoms with Gasteiger partial charge in [-0.25, -0.2) is 9.18 Å². The van der Waals surface area contributed by atoms with Crippen molar-refractivity contribution in [2.24, 2.45) is 16.5 Å².